The van der Waals surface area contributed by atoms with Crippen LogP contribution in [0, 0.1) is 22.2 Å². The fraction of sp³-hybridized carbons (Fsp3) is 0.952. The number of ether oxygens (including phenoxy) is 2. The lowest BCUT2D eigenvalue weighted by atomic mass is 9.51. The van der Waals surface area contributed by atoms with Crippen LogP contribution in [0.1, 0.15) is 75.7 Å². The highest BCUT2D eigenvalue weighted by Gasteiger charge is 2.59. The summed E-state index contributed by atoms with van der Waals surface area (Å²) < 4.78 is 12.4. The lowest BCUT2D eigenvalue weighted by Gasteiger charge is -2.61. The minimum atomic E-state index is -0.698. The van der Waals surface area contributed by atoms with Crippen molar-refractivity contribution in [2.24, 2.45) is 22.2 Å². The fourth-order valence-electron chi connectivity index (χ4n) is 3.41. The summed E-state index contributed by atoms with van der Waals surface area (Å²) in [6.07, 6.45) is -0.298. The third-order valence-corrected chi connectivity index (χ3v) is 7.55. The maximum absolute atomic E-state index is 12.2. The highest BCUT2D eigenvalue weighted by Crippen LogP contribution is 2.59. The van der Waals surface area contributed by atoms with Gasteiger partial charge in [-0.15, -0.1) is 0 Å². The van der Waals surface area contributed by atoms with Gasteiger partial charge < -0.3 is 19.9 Å². The zero-order valence-electron chi connectivity index (χ0n) is 18.5. The van der Waals surface area contributed by atoms with Crippen molar-refractivity contribution in [3.8, 4) is 0 Å². The quantitative estimate of drug-likeness (QED) is 0.715. The largest absolute Gasteiger partial charge is 0.391 e. The number of aliphatic hydroxyl groups excluding tert-OH is 1. The monoisotopic (exact) mass is 371 g/mol. The summed E-state index contributed by atoms with van der Waals surface area (Å²) in [7, 11) is 0. The van der Waals surface area contributed by atoms with E-state index in [-0.39, 0.29) is 40.8 Å². The van der Waals surface area contributed by atoms with Crippen LogP contribution in [0.15, 0.2) is 0 Å². The molecule has 5 atom stereocenters. The normalized spacial score (nSPS) is 30.3. The van der Waals surface area contributed by atoms with Crippen molar-refractivity contribution < 1.29 is 19.4 Å². The number of carbonyl (C=O) groups is 1. The zero-order chi connectivity index (χ0) is 20.5. The van der Waals surface area contributed by atoms with Crippen LogP contribution < -0.4 is 5.32 Å². The molecule has 5 unspecified atom stereocenters. The Morgan fingerprint density at radius 2 is 1.69 bits per heavy atom. The Labute approximate surface area is 160 Å². The predicted octanol–water partition coefficient (Wildman–Crippen LogP) is 3.74. The summed E-state index contributed by atoms with van der Waals surface area (Å²) in [6, 6.07) is -0.454. The van der Waals surface area contributed by atoms with E-state index in [1.54, 1.807) is 6.92 Å². The molecule has 5 heteroatoms. The third-order valence-electron chi connectivity index (χ3n) is 7.55. The molecule has 1 heterocycles. The standard InChI is InChI=1S/C21H41NO4/c1-11-13(2)17(24)22-16(14(3)23)12-25-18-20(7,8)21(9,10)19(5,6)15(4)26-18/h13-16,18,23H,11-12H2,1-10H3,(H,22,24). The first-order valence-corrected chi connectivity index (χ1v) is 9.95. The van der Waals surface area contributed by atoms with Gasteiger partial charge in [0.1, 0.15) is 0 Å². The van der Waals surface area contributed by atoms with Gasteiger partial charge in [0.15, 0.2) is 6.29 Å². The van der Waals surface area contributed by atoms with Crippen molar-refractivity contribution in [2.75, 3.05) is 6.61 Å². The van der Waals surface area contributed by atoms with Crippen molar-refractivity contribution in [2.45, 2.75) is 100 Å². The van der Waals surface area contributed by atoms with Gasteiger partial charge in [0, 0.05) is 11.3 Å². The van der Waals surface area contributed by atoms with Crippen molar-refractivity contribution >= 4 is 5.91 Å². The van der Waals surface area contributed by atoms with Crippen LogP contribution in [0.2, 0.25) is 0 Å². The number of amides is 1. The summed E-state index contributed by atoms with van der Waals surface area (Å²) in [6.45, 7) is 21.2. The highest BCUT2D eigenvalue weighted by molar-refractivity contribution is 5.78. The topological polar surface area (TPSA) is 67.8 Å². The Bertz CT molecular complexity index is 484. The second-order valence-electron chi connectivity index (χ2n) is 9.68. The number of hydrogen-bond acceptors (Lipinski definition) is 4. The first-order chi connectivity index (χ1) is 11.7. The van der Waals surface area contributed by atoms with Gasteiger partial charge in [-0.1, -0.05) is 55.4 Å². The molecule has 0 bridgehead atoms. The first kappa shape index (κ1) is 23.4. The maximum Gasteiger partial charge on any atom is 0.223 e. The minimum absolute atomic E-state index is 0.00912. The summed E-state index contributed by atoms with van der Waals surface area (Å²) >= 11 is 0. The summed E-state index contributed by atoms with van der Waals surface area (Å²) in [5.41, 5.74) is -0.263. The van der Waals surface area contributed by atoms with E-state index in [4.69, 9.17) is 9.47 Å². The molecule has 1 amide bonds. The highest BCUT2D eigenvalue weighted by atomic mass is 16.7. The summed E-state index contributed by atoms with van der Waals surface area (Å²) in [4.78, 5) is 12.2. The van der Waals surface area contributed by atoms with Gasteiger partial charge in [-0.25, -0.2) is 0 Å². The van der Waals surface area contributed by atoms with Crippen LogP contribution in [0.4, 0.5) is 0 Å². The SMILES string of the molecule is CCC(C)C(=O)NC(COC1OC(C)C(C)(C)C(C)(C)C1(C)C)C(C)O. The average molecular weight is 372 g/mol. The van der Waals surface area contributed by atoms with Crippen molar-refractivity contribution in [1.82, 2.24) is 5.32 Å². The lowest BCUT2D eigenvalue weighted by Crippen LogP contribution is -2.62. The van der Waals surface area contributed by atoms with E-state index < -0.39 is 18.4 Å². The zero-order valence-corrected chi connectivity index (χ0v) is 18.5. The van der Waals surface area contributed by atoms with Crippen molar-refractivity contribution in [3.05, 3.63) is 0 Å². The van der Waals surface area contributed by atoms with E-state index in [9.17, 15) is 9.90 Å². The molecule has 1 aliphatic heterocycles. The molecule has 1 saturated heterocycles. The average Bonchev–Trinajstić information content (AvgIpc) is 2.53. The Balaban J connectivity index is 2.87. The second-order valence-corrected chi connectivity index (χ2v) is 9.68. The van der Waals surface area contributed by atoms with Gasteiger partial charge in [-0.05, 0) is 31.1 Å². The molecule has 1 aliphatic rings. The number of carbonyl (C=O) groups excluding carboxylic acids is 1. The molecule has 5 nitrogen and oxygen atoms in total. The Morgan fingerprint density at radius 3 is 2.15 bits per heavy atom. The van der Waals surface area contributed by atoms with Gasteiger partial charge in [-0.2, -0.15) is 0 Å². The van der Waals surface area contributed by atoms with E-state index in [2.05, 4.69) is 53.8 Å². The van der Waals surface area contributed by atoms with Gasteiger partial charge in [-0.3, -0.25) is 4.79 Å². The maximum atomic E-state index is 12.2. The van der Waals surface area contributed by atoms with Crippen molar-refractivity contribution in [3.63, 3.8) is 0 Å². The molecule has 0 saturated carbocycles. The van der Waals surface area contributed by atoms with E-state index >= 15 is 0 Å². The number of nitrogens with one attached hydrogen (secondary N) is 1. The smallest absolute Gasteiger partial charge is 0.223 e. The second kappa shape index (κ2) is 8.15. The minimum Gasteiger partial charge on any atom is -0.391 e. The van der Waals surface area contributed by atoms with Crippen LogP contribution >= 0.6 is 0 Å². The van der Waals surface area contributed by atoms with Gasteiger partial charge >= 0.3 is 0 Å². The van der Waals surface area contributed by atoms with Crippen LogP contribution in [0.3, 0.4) is 0 Å². The molecule has 154 valence electrons. The fourth-order valence-corrected chi connectivity index (χ4v) is 3.41. The van der Waals surface area contributed by atoms with Crippen molar-refractivity contribution in [1.29, 1.82) is 0 Å². The Hall–Kier alpha value is -0.650. The summed E-state index contributed by atoms with van der Waals surface area (Å²) in [5.74, 6) is -0.140. The molecule has 0 aromatic carbocycles. The van der Waals surface area contributed by atoms with Crippen LogP contribution in [-0.4, -0.2) is 42.2 Å². The number of rotatable bonds is 7. The van der Waals surface area contributed by atoms with Gasteiger partial charge in [0.2, 0.25) is 5.91 Å². The molecular formula is C21H41NO4. The van der Waals surface area contributed by atoms with E-state index in [1.165, 1.54) is 0 Å². The molecule has 0 aliphatic carbocycles. The molecule has 0 aromatic rings. The molecule has 26 heavy (non-hydrogen) atoms. The molecule has 1 rings (SSSR count). The van der Waals surface area contributed by atoms with E-state index in [1.807, 2.05) is 13.8 Å². The lowest BCUT2D eigenvalue weighted by molar-refractivity contribution is -0.325. The summed E-state index contributed by atoms with van der Waals surface area (Å²) in [5, 5.41) is 13.0. The molecule has 0 aromatic heterocycles. The Morgan fingerprint density at radius 1 is 1.15 bits per heavy atom. The van der Waals surface area contributed by atoms with E-state index in [0.717, 1.165) is 6.42 Å². The van der Waals surface area contributed by atoms with Crippen LogP contribution in [0.5, 0.6) is 0 Å². The molecule has 0 radical (unpaired) electrons. The van der Waals surface area contributed by atoms with Gasteiger partial charge in [0.25, 0.3) is 0 Å². The third kappa shape index (κ3) is 4.26. The first-order valence-electron chi connectivity index (χ1n) is 9.95. The van der Waals surface area contributed by atoms with Crippen LogP contribution in [0.25, 0.3) is 0 Å². The van der Waals surface area contributed by atoms with E-state index in [0.29, 0.717) is 0 Å². The molecular weight excluding hydrogens is 330 g/mol. The Kier molecular flexibility index (Phi) is 7.34. The van der Waals surface area contributed by atoms with Gasteiger partial charge in [0.05, 0.1) is 24.9 Å². The molecule has 1 fully saturated rings. The molecule has 2 N–H and O–H groups in total. The molecule has 0 spiro atoms. The van der Waals surface area contributed by atoms with Crippen LogP contribution in [-0.2, 0) is 14.3 Å². The number of aliphatic hydroxyl groups is 1. The predicted molar refractivity (Wildman–Crippen MR) is 105 cm³/mol. The number of hydrogen-bond donors (Lipinski definition) is 2.